The van der Waals surface area contributed by atoms with Crippen molar-refractivity contribution in [2.24, 2.45) is 11.8 Å². The smallest absolute Gasteiger partial charge is 0 e. The Balaban J connectivity index is -0.000000551. The van der Waals surface area contributed by atoms with Gasteiger partial charge in [0.2, 0.25) is 0 Å². The molecule has 1 aliphatic carbocycles. The van der Waals surface area contributed by atoms with Crippen LogP contribution in [0.1, 0.15) is 51.7 Å². The second kappa shape index (κ2) is 13.5. The molecule has 0 aliphatic heterocycles. The summed E-state index contributed by atoms with van der Waals surface area (Å²) in [5.41, 5.74) is 0. The van der Waals surface area contributed by atoms with Gasteiger partial charge in [0.1, 0.15) is 0 Å². The molecular weight excluding hydrogens is 260 g/mol. The maximum absolute atomic E-state index is 3.62. The fourth-order valence-electron chi connectivity index (χ4n) is 2.74. The quantitative estimate of drug-likeness (QED) is 0.331. The van der Waals surface area contributed by atoms with Crippen LogP contribution in [0.25, 0.3) is 0 Å². The average Bonchev–Trinajstić information content (AvgIpc) is 3.24. The van der Waals surface area contributed by atoms with Crippen LogP contribution in [0.4, 0.5) is 0 Å². The maximum Gasteiger partial charge on any atom is 0 e. The lowest BCUT2D eigenvalue weighted by atomic mass is 10.2. The molecule has 0 unspecified atom stereocenters. The van der Waals surface area contributed by atoms with Crippen LogP contribution in [0.2, 0.25) is 0 Å². The zero-order valence-electron chi connectivity index (χ0n) is 14.3. The van der Waals surface area contributed by atoms with E-state index in [0.717, 1.165) is 24.9 Å². The first kappa shape index (κ1) is 18.9. The van der Waals surface area contributed by atoms with Crippen LogP contribution < -0.4 is 21.3 Å². The normalized spacial score (nSPS) is 20.9. The Hall–Kier alpha value is -0.160. The van der Waals surface area contributed by atoms with Crippen LogP contribution >= 0.6 is 0 Å². The molecule has 0 radical (unpaired) electrons. The molecule has 21 heavy (non-hydrogen) atoms. The van der Waals surface area contributed by atoms with Gasteiger partial charge in [-0.2, -0.15) is 0 Å². The highest BCUT2D eigenvalue weighted by Crippen LogP contribution is 2.36. The van der Waals surface area contributed by atoms with E-state index < -0.39 is 0 Å². The Morgan fingerprint density at radius 1 is 0.667 bits per heavy atom. The molecule has 1 rings (SSSR count). The van der Waals surface area contributed by atoms with Crippen molar-refractivity contribution < 1.29 is 5.71 Å². The van der Waals surface area contributed by atoms with Crippen molar-refractivity contribution in [2.75, 3.05) is 52.4 Å². The van der Waals surface area contributed by atoms with Gasteiger partial charge in [-0.1, -0.05) is 13.8 Å². The van der Waals surface area contributed by atoms with E-state index in [-0.39, 0.29) is 5.71 Å². The molecule has 134 valence electrons. The summed E-state index contributed by atoms with van der Waals surface area (Å²) >= 11 is 0. The molecule has 2 atom stereocenters. The van der Waals surface area contributed by atoms with Crippen molar-refractivity contribution in [2.45, 2.75) is 46.0 Å². The molecule has 4 nitrogen and oxygen atoms in total. The van der Waals surface area contributed by atoms with E-state index in [2.05, 4.69) is 35.1 Å². The topological polar surface area (TPSA) is 48.1 Å². The highest BCUT2D eigenvalue weighted by molar-refractivity contribution is 4.89. The first-order chi connectivity index (χ1) is 10.4. The Bertz CT molecular complexity index is 217. The molecule has 0 aromatic heterocycles. The van der Waals surface area contributed by atoms with Gasteiger partial charge in [-0.05, 0) is 96.3 Å². The zero-order valence-corrected chi connectivity index (χ0v) is 14.3. The van der Waals surface area contributed by atoms with Gasteiger partial charge in [0, 0.05) is 5.71 Å². The summed E-state index contributed by atoms with van der Waals surface area (Å²) < 4.78 is 0. The lowest BCUT2D eigenvalue weighted by Gasteiger charge is -2.06. The van der Waals surface area contributed by atoms with Crippen molar-refractivity contribution >= 4 is 0 Å². The van der Waals surface area contributed by atoms with Crippen LogP contribution in [0.15, 0.2) is 0 Å². The van der Waals surface area contributed by atoms with Gasteiger partial charge in [-0.3, -0.25) is 0 Å². The Labute approximate surface area is 138 Å². The predicted molar refractivity (Wildman–Crippen MR) is 101 cm³/mol. The second-order valence-electron chi connectivity index (χ2n) is 6.29. The predicted octanol–water partition coefficient (Wildman–Crippen LogP) is 2.57. The number of nitrogens with one attached hydrogen (secondary N) is 4. The lowest BCUT2D eigenvalue weighted by molar-refractivity contribution is 0.531. The highest BCUT2D eigenvalue weighted by Gasteiger charge is 2.35. The first-order valence-corrected chi connectivity index (χ1v) is 9.21. The van der Waals surface area contributed by atoms with Crippen molar-refractivity contribution in [1.82, 2.24) is 21.3 Å². The standard InChI is InChI=1S/C17H38N4.4H2/c1-3-18-9-5-7-11-20-14-16-13-17(16)15-21-12-8-6-10-19-4-2;;;;/h16-21H,3-15H2,1-2H3;4*1H/t16-,17+;;;;. The van der Waals surface area contributed by atoms with Crippen molar-refractivity contribution in [3.8, 4) is 0 Å². The van der Waals surface area contributed by atoms with Crippen LogP contribution in [-0.2, 0) is 0 Å². The summed E-state index contributed by atoms with van der Waals surface area (Å²) in [4.78, 5) is 0. The third-order valence-corrected chi connectivity index (χ3v) is 4.30. The Kier molecular flexibility index (Phi) is 12.1. The number of hydrogen-bond donors (Lipinski definition) is 4. The van der Waals surface area contributed by atoms with Crippen LogP contribution in [0.5, 0.6) is 0 Å². The monoisotopic (exact) mass is 306 g/mol. The minimum atomic E-state index is 0. The fourth-order valence-corrected chi connectivity index (χ4v) is 2.74. The molecule has 4 N–H and O–H groups in total. The van der Waals surface area contributed by atoms with Gasteiger partial charge in [-0.15, -0.1) is 0 Å². The number of hydrogen-bond acceptors (Lipinski definition) is 4. The van der Waals surface area contributed by atoms with E-state index in [4.69, 9.17) is 0 Å². The molecule has 0 aromatic rings. The van der Waals surface area contributed by atoms with E-state index in [1.807, 2.05) is 0 Å². The number of unbranched alkanes of at least 4 members (excludes halogenated alkanes) is 2. The van der Waals surface area contributed by atoms with E-state index in [9.17, 15) is 0 Å². The van der Waals surface area contributed by atoms with E-state index in [1.54, 1.807) is 0 Å². The van der Waals surface area contributed by atoms with E-state index in [1.165, 1.54) is 71.4 Å². The molecule has 0 heterocycles. The molecular formula is C17H46N4. The lowest BCUT2D eigenvalue weighted by Crippen LogP contribution is -2.23. The minimum absolute atomic E-state index is 0. The van der Waals surface area contributed by atoms with Crippen molar-refractivity contribution in [3.63, 3.8) is 0 Å². The summed E-state index contributed by atoms with van der Waals surface area (Å²) in [6.45, 7) is 13.7. The summed E-state index contributed by atoms with van der Waals surface area (Å²) in [6, 6.07) is 0. The van der Waals surface area contributed by atoms with Gasteiger partial charge in [0.05, 0.1) is 0 Å². The largest absolute Gasteiger partial charge is 0.317 e. The highest BCUT2D eigenvalue weighted by atomic mass is 14.9. The van der Waals surface area contributed by atoms with Crippen LogP contribution in [-0.4, -0.2) is 52.4 Å². The third kappa shape index (κ3) is 11.1. The summed E-state index contributed by atoms with van der Waals surface area (Å²) in [7, 11) is 0. The van der Waals surface area contributed by atoms with Gasteiger partial charge < -0.3 is 21.3 Å². The molecule has 0 aromatic carbocycles. The third-order valence-electron chi connectivity index (χ3n) is 4.30. The van der Waals surface area contributed by atoms with Crippen LogP contribution in [0, 0.1) is 11.8 Å². The minimum Gasteiger partial charge on any atom is -0.317 e. The van der Waals surface area contributed by atoms with E-state index in [0.29, 0.717) is 0 Å². The number of rotatable bonds is 16. The zero-order chi connectivity index (χ0) is 15.2. The van der Waals surface area contributed by atoms with Crippen LogP contribution in [0.3, 0.4) is 0 Å². The SMILES string of the molecule is CCNCCCCNC[C@@H]1C[C@@H]1CNCCCCNCC.[HH].[HH].[HH].[HH]. The fraction of sp³-hybridized carbons (Fsp3) is 1.00. The summed E-state index contributed by atoms with van der Waals surface area (Å²) in [5.74, 6) is 1.88. The van der Waals surface area contributed by atoms with Gasteiger partial charge in [0.25, 0.3) is 0 Å². The molecule has 0 spiro atoms. The summed E-state index contributed by atoms with van der Waals surface area (Å²) in [5, 5.41) is 14.0. The van der Waals surface area contributed by atoms with E-state index >= 15 is 0 Å². The Morgan fingerprint density at radius 3 is 1.43 bits per heavy atom. The molecule has 1 fully saturated rings. The van der Waals surface area contributed by atoms with Gasteiger partial charge in [-0.25, -0.2) is 0 Å². The Morgan fingerprint density at radius 2 is 1.05 bits per heavy atom. The van der Waals surface area contributed by atoms with Crippen molar-refractivity contribution in [1.29, 1.82) is 0 Å². The maximum atomic E-state index is 3.62. The molecule has 0 bridgehead atoms. The van der Waals surface area contributed by atoms with Gasteiger partial charge in [0.15, 0.2) is 0 Å². The molecule has 1 saturated carbocycles. The second-order valence-corrected chi connectivity index (χ2v) is 6.29. The summed E-state index contributed by atoms with van der Waals surface area (Å²) in [6.07, 6.45) is 6.62. The first-order valence-electron chi connectivity index (χ1n) is 9.21. The van der Waals surface area contributed by atoms with Gasteiger partial charge >= 0.3 is 0 Å². The average molecular weight is 307 g/mol. The molecule has 4 heteroatoms. The van der Waals surface area contributed by atoms with Crippen molar-refractivity contribution in [3.05, 3.63) is 0 Å². The molecule has 1 aliphatic rings. The molecule has 0 saturated heterocycles. The molecule has 0 amide bonds.